The van der Waals surface area contributed by atoms with E-state index in [9.17, 15) is 26.8 Å². The fourth-order valence-corrected chi connectivity index (χ4v) is 4.28. The molecule has 0 fully saturated rings. The van der Waals surface area contributed by atoms with Gasteiger partial charge in [-0.05, 0) is 49.6 Å². The van der Waals surface area contributed by atoms with Crippen LogP contribution in [-0.4, -0.2) is 32.3 Å². The number of hydrogen-bond acceptors (Lipinski definition) is 4. The van der Waals surface area contributed by atoms with Crippen LogP contribution in [0.1, 0.15) is 43.6 Å². The fourth-order valence-electron chi connectivity index (χ4n) is 2.96. The Balaban J connectivity index is 2.11. The highest BCUT2D eigenvalue weighted by molar-refractivity contribution is 7.89. The molecule has 10 heteroatoms. The van der Waals surface area contributed by atoms with E-state index in [0.29, 0.717) is 5.56 Å². The Bertz CT molecular complexity index is 1070. The van der Waals surface area contributed by atoms with Crippen LogP contribution in [0, 0.1) is 17.6 Å². The molecule has 2 aromatic rings. The van der Waals surface area contributed by atoms with Crippen LogP contribution >= 0.6 is 0 Å². The summed E-state index contributed by atoms with van der Waals surface area (Å²) in [5, 5.41) is 5.00. The normalized spacial score (nSPS) is 12.6. The zero-order valence-corrected chi connectivity index (χ0v) is 19.1. The predicted molar refractivity (Wildman–Crippen MR) is 116 cm³/mol. The van der Waals surface area contributed by atoms with E-state index in [2.05, 4.69) is 15.4 Å². The minimum atomic E-state index is -3.70. The first-order chi connectivity index (χ1) is 14.9. The number of carbonyl (C=O) groups excluding carboxylic acids is 2. The van der Waals surface area contributed by atoms with E-state index in [-0.39, 0.29) is 23.4 Å². The molecule has 1 atom stereocenters. The SMILES string of the molecule is CC(C)NS(=O)(=O)c1cccc(CNC(=O)C(NC(=O)c2c(F)cccc2F)C(C)C)c1. The molecular weight excluding hydrogens is 440 g/mol. The summed E-state index contributed by atoms with van der Waals surface area (Å²) < 4.78 is 54.9. The Labute approximate surface area is 186 Å². The average molecular weight is 468 g/mol. The van der Waals surface area contributed by atoms with Crippen molar-refractivity contribution in [1.82, 2.24) is 15.4 Å². The van der Waals surface area contributed by atoms with E-state index in [0.717, 1.165) is 18.2 Å². The second-order valence-electron chi connectivity index (χ2n) is 7.93. The van der Waals surface area contributed by atoms with Crippen molar-refractivity contribution in [2.45, 2.75) is 51.2 Å². The number of hydrogen-bond donors (Lipinski definition) is 3. The molecule has 2 amide bonds. The van der Waals surface area contributed by atoms with E-state index in [1.165, 1.54) is 12.1 Å². The first-order valence-corrected chi connectivity index (χ1v) is 11.5. The zero-order valence-electron chi connectivity index (χ0n) is 18.3. The molecule has 0 bridgehead atoms. The maximum atomic E-state index is 13.9. The quantitative estimate of drug-likeness (QED) is 0.527. The Kier molecular flexibility index (Phi) is 8.45. The molecule has 0 aromatic heterocycles. The highest BCUT2D eigenvalue weighted by atomic mass is 32.2. The molecule has 0 radical (unpaired) electrons. The number of sulfonamides is 1. The molecule has 32 heavy (non-hydrogen) atoms. The Morgan fingerprint density at radius 2 is 1.56 bits per heavy atom. The summed E-state index contributed by atoms with van der Waals surface area (Å²) in [6.45, 7) is 6.75. The van der Waals surface area contributed by atoms with E-state index < -0.39 is 45.1 Å². The largest absolute Gasteiger partial charge is 0.350 e. The highest BCUT2D eigenvalue weighted by Gasteiger charge is 2.27. The van der Waals surface area contributed by atoms with Crippen LogP contribution in [0.2, 0.25) is 0 Å². The summed E-state index contributed by atoms with van der Waals surface area (Å²) >= 11 is 0. The Hall–Kier alpha value is -2.85. The molecule has 0 aliphatic heterocycles. The summed E-state index contributed by atoms with van der Waals surface area (Å²) in [5.74, 6) is -4.05. The van der Waals surface area contributed by atoms with Crippen molar-refractivity contribution in [3.05, 3.63) is 65.2 Å². The molecule has 0 aliphatic carbocycles. The molecule has 2 rings (SSSR count). The van der Waals surface area contributed by atoms with Gasteiger partial charge in [0.1, 0.15) is 23.2 Å². The van der Waals surface area contributed by atoms with Gasteiger partial charge in [-0.1, -0.05) is 32.0 Å². The van der Waals surface area contributed by atoms with E-state index in [1.807, 2.05) is 0 Å². The van der Waals surface area contributed by atoms with Crippen LogP contribution in [0.25, 0.3) is 0 Å². The van der Waals surface area contributed by atoms with Crippen molar-refractivity contribution >= 4 is 21.8 Å². The molecule has 1 unspecified atom stereocenters. The predicted octanol–water partition coefficient (Wildman–Crippen LogP) is 2.72. The van der Waals surface area contributed by atoms with Gasteiger partial charge < -0.3 is 10.6 Å². The third-order valence-corrected chi connectivity index (χ3v) is 6.15. The molecule has 3 N–H and O–H groups in total. The van der Waals surface area contributed by atoms with Gasteiger partial charge in [0, 0.05) is 12.6 Å². The lowest BCUT2D eigenvalue weighted by Gasteiger charge is -2.22. The van der Waals surface area contributed by atoms with E-state index in [1.54, 1.807) is 39.8 Å². The van der Waals surface area contributed by atoms with Crippen molar-refractivity contribution < 1.29 is 26.8 Å². The minimum absolute atomic E-state index is 0.00295. The summed E-state index contributed by atoms with van der Waals surface area (Å²) in [7, 11) is -3.70. The molecule has 2 aromatic carbocycles. The van der Waals surface area contributed by atoms with Crippen molar-refractivity contribution in [2.75, 3.05) is 0 Å². The fraction of sp³-hybridized carbons (Fsp3) is 0.364. The van der Waals surface area contributed by atoms with E-state index >= 15 is 0 Å². The van der Waals surface area contributed by atoms with Crippen LogP contribution in [0.4, 0.5) is 8.78 Å². The first kappa shape index (κ1) is 25.4. The van der Waals surface area contributed by atoms with Crippen LogP contribution in [0.15, 0.2) is 47.4 Å². The van der Waals surface area contributed by atoms with Gasteiger partial charge >= 0.3 is 0 Å². The minimum Gasteiger partial charge on any atom is -0.350 e. The second-order valence-corrected chi connectivity index (χ2v) is 9.65. The average Bonchev–Trinajstić information content (AvgIpc) is 2.69. The van der Waals surface area contributed by atoms with Crippen LogP contribution in [-0.2, 0) is 21.4 Å². The number of benzene rings is 2. The van der Waals surface area contributed by atoms with Crippen molar-refractivity contribution in [1.29, 1.82) is 0 Å². The van der Waals surface area contributed by atoms with Gasteiger partial charge in [0.2, 0.25) is 15.9 Å². The smallest absolute Gasteiger partial charge is 0.257 e. The van der Waals surface area contributed by atoms with Crippen LogP contribution in [0.3, 0.4) is 0 Å². The first-order valence-electron chi connectivity index (χ1n) is 10.1. The third-order valence-electron chi connectivity index (χ3n) is 4.49. The summed E-state index contributed by atoms with van der Waals surface area (Å²) in [6, 6.07) is 7.78. The lowest BCUT2D eigenvalue weighted by Crippen LogP contribution is -2.49. The number of rotatable bonds is 9. The van der Waals surface area contributed by atoms with Gasteiger partial charge in [0.25, 0.3) is 5.91 Å². The van der Waals surface area contributed by atoms with Gasteiger partial charge in [0.15, 0.2) is 0 Å². The standard InChI is InChI=1S/C22H27F2N3O4S/c1-13(2)20(26-21(28)19-17(23)9-6-10-18(19)24)22(29)25-12-15-7-5-8-16(11-15)32(30,31)27-14(3)4/h5-11,13-14,20,27H,12H2,1-4H3,(H,25,29)(H,26,28). The summed E-state index contributed by atoms with van der Waals surface area (Å²) in [6.07, 6.45) is 0. The van der Waals surface area contributed by atoms with Crippen molar-refractivity contribution in [3.63, 3.8) is 0 Å². The lowest BCUT2D eigenvalue weighted by atomic mass is 10.0. The Morgan fingerprint density at radius 3 is 2.12 bits per heavy atom. The molecule has 0 heterocycles. The van der Waals surface area contributed by atoms with Crippen LogP contribution in [0.5, 0.6) is 0 Å². The molecule has 0 saturated heterocycles. The third kappa shape index (κ3) is 6.57. The van der Waals surface area contributed by atoms with Gasteiger partial charge in [-0.15, -0.1) is 0 Å². The van der Waals surface area contributed by atoms with Gasteiger partial charge in [-0.25, -0.2) is 21.9 Å². The number of nitrogens with one attached hydrogen (secondary N) is 3. The molecule has 7 nitrogen and oxygen atoms in total. The van der Waals surface area contributed by atoms with Crippen LogP contribution < -0.4 is 15.4 Å². The van der Waals surface area contributed by atoms with Gasteiger partial charge in [-0.3, -0.25) is 9.59 Å². The van der Waals surface area contributed by atoms with Crippen molar-refractivity contribution in [3.8, 4) is 0 Å². The summed E-state index contributed by atoms with van der Waals surface area (Å²) in [5.41, 5.74) is -0.236. The number of carbonyl (C=O) groups is 2. The molecule has 174 valence electrons. The second kappa shape index (κ2) is 10.6. The Morgan fingerprint density at radius 1 is 0.969 bits per heavy atom. The molecule has 0 spiro atoms. The zero-order chi connectivity index (χ0) is 24.1. The van der Waals surface area contributed by atoms with Gasteiger partial charge in [0.05, 0.1) is 4.90 Å². The van der Waals surface area contributed by atoms with E-state index in [4.69, 9.17) is 0 Å². The molecule has 0 aliphatic rings. The maximum Gasteiger partial charge on any atom is 0.257 e. The van der Waals surface area contributed by atoms with Crippen molar-refractivity contribution in [2.24, 2.45) is 5.92 Å². The highest BCUT2D eigenvalue weighted by Crippen LogP contribution is 2.14. The van der Waals surface area contributed by atoms with Gasteiger partial charge in [-0.2, -0.15) is 0 Å². The maximum absolute atomic E-state index is 13.9. The summed E-state index contributed by atoms with van der Waals surface area (Å²) in [4.78, 5) is 25.1. The molecular formula is C22H27F2N3O4S. The number of halogens is 2. The number of amides is 2. The monoisotopic (exact) mass is 467 g/mol. The lowest BCUT2D eigenvalue weighted by molar-refractivity contribution is -0.124. The topological polar surface area (TPSA) is 104 Å². The molecule has 0 saturated carbocycles.